The molecule has 3 N–H and O–H groups in total. The number of phenols is 2. The summed E-state index contributed by atoms with van der Waals surface area (Å²) in [7, 11) is 4.11. The first-order valence-electron chi connectivity index (χ1n) is 10.7. The van der Waals surface area contributed by atoms with E-state index in [1.165, 1.54) is 0 Å². The molecule has 0 amide bonds. The van der Waals surface area contributed by atoms with E-state index >= 15 is 0 Å². The average Bonchev–Trinajstić information content (AvgIpc) is 2.68. The normalized spacial score (nSPS) is 10.7. The minimum atomic E-state index is -0.167. The van der Waals surface area contributed by atoms with Gasteiger partial charge in [-0.05, 0) is 66.8 Å². The van der Waals surface area contributed by atoms with Crippen molar-refractivity contribution in [1.82, 2.24) is 9.80 Å². The third-order valence-electron chi connectivity index (χ3n) is 4.70. The monoisotopic (exact) mass is 483 g/mol. The molecular formula is C25H40N2O4V+2. The molecule has 6 nitrogen and oxygen atoms in total. The van der Waals surface area contributed by atoms with E-state index in [2.05, 4.69) is 37.7 Å². The van der Waals surface area contributed by atoms with Crippen LogP contribution in [-0.4, -0.2) is 58.4 Å². The van der Waals surface area contributed by atoms with Gasteiger partial charge >= 0.3 is 21.0 Å². The number of phenolic OH excluding ortho intramolecular Hbond substituents is 2. The Morgan fingerprint density at radius 1 is 0.781 bits per heavy atom. The zero-order valence-electron chi connectivity index (χ0n) is 20.8. The second kappa shape index (κ2) is 15.2. The van der Waals surface area contributed by atoms with Crippen LogP contribution in [0.5, 0.6) is 11.5 Å². The van der Waals surface area contributed by atoms with E-state index in [4.69, 9.17) is 8.78 Å². The number of hydrogen-bond acceptors (Lipinski definition) is 6. The molecule has 32 heavy (non-hydrogen) atoms. The van der Waals surface area contributed by atoms with Crippen molar-refractivity contribution >= 4 is 0 Å². The maximum atomic E-state index is 10.5. The van der Waals surface area contributed by atoms with Crippen LogP contribution >= 0.6 is 0 Å². The molecule has 0 heterocycles. The number of aromatic hydroxyl groups is 2. The first-order chi connectivity index (χ1) is 14.9. The zero-order valence-corrected chi connectivity index (χ0v) is 22.2. The van der Waals surface area contributed by atoms with Crippen molar-refractivity contribution in [1.29, 1.82) is 0 Å². The van der Waals surface area contributed by atoms with Crippen LogP contribution in [0.1, 0.15) is 47.2 Å². The third-order valence-corrected chi connectivity index (χ3v) is 4.70. The fourth-order valence-electron chi connectivity index (χ4n) is 3.37. The summed E-state index contributed by atoms with van der Waals surface area (Å²) in [5.41, 5.74) is 5.98. The Balaban J connectivity index is 0.00000144. The molecule has 0 aliphatic carbocycles. The number of nitrogens with zero attached hydrogens (tertiary/aromatic N) is 2. The third kappa shape index (κ3) is 11.3. The summed E-state index contributed by atoms with van der Waals surface area (Å²) < 4.78 is 8.19. The van der Waals surface area contributed by atoms with Gasteiger partial charge in [-0.2, -0.15) is 0 Å². The quantitative estimate of drug-likeness (QED) is 0.549. The van der Waals surface area contributed by atoms with E-state index in [-0.39, 0.29) is 6.10 Å². The Labute approximate surface area is 203 Å². The molecule has 2 rings (SSSR count). The number of aliphatic hydroxyl groups is 1. The molecule has 2 aromatic rings. The Hall–Kier alpha value is -1.70. The summed E-state index contributed by atoms with van der Waals surface area (Å²) in [6, 6.07) is 8.09. The van der Waals surface area contributed by atoms with Crippen LogP contribution in [0.15, 0.2) is 24.3 Å². The van der Waals surface area contributed by atoms with E-state index in [1.807, 2.05) is 38.1 Å². The molecule has 0 saturated carbocycles. The molecule has 177 valence electrons. The Kier molecular flexibility index (Phi) is 14.4. The SMILES string of the molecule is CC(C)O.Cc1cc(C)c(O)c(CN(CCN(C)C)Cc2cc(C)cc(C)c2O)c1.[O]=[V+2]. The van der Waals surface area contributed by atoms with Crippen LogP contribution in [0.2, 0.25) is 0 Å². The predicted molar refractivity (Wildman–Crippen MR) is 126 cm³/mol. The van der Waals surface area contributed by atoms with Crippen LogP contribution in [0.25, 0.3) is 0 Å². The van der Waals surface area contributed by atoms with E-state index in [1.54, 1.807) is 13.8 Å². The summed E-state index contributed by atoms with van der Waals surface area (Å²) in [6.07, 6.45) is -0.167. The van der Waals surface area contributed by atoms with Crippen LogP contribution in [0, 0.1) is 27.7 Å². The van der Waals surface area contributed by atoms with E-state index in [0.717, 1.165) is 63.8 Å². The van der Waals surface area contributed by atoms with Gasteiger partial charge in [0.15, 0.2) is 0 Å². The molecular weight excluding hydrogens is 443 g/mol. The number of hydrogen-bond donors (Lipinski definition) is 3. The zero-order chi connectivity index (χ0) is 25.0. The van der Waals surface area contributed by atoms with E-state index in [0.29, 0.717) is 24.6 Å². The Morgan fingerprint density at radius 3 is 1.44 bits per heavy atom. The Morgan fingerprint density at radius 2 is 1.12 bits per heavy atom. The number of aliphatic hydroxyl groups excluding tert-OH is 1. The van der Waals surface area contributed by atoms with E-state index < -0.39 is 0 Å². The second-order valence-electron chi connectivity index (χ2n) is 8.79. The summed E-state index contributed by atoms with van der Waals surface area (Å²) >= 11 is 1.06. The van der Waals surface area contributed by atoms with Gasteiger partial charge in [-0.25, -0.2) is 0 Å². The minimum absolute atomic E-state index is 0.167. The molecule has 0 atom stereocenters. The van der Waals surface area contributed by atoms with Crippen molar-refractivity contribution < 1.29 is 36.4 Å². The van der Waals surface area contributed by atoms with Crippen LogP contribution in [0.4, 0.5) is 0 Å². The van der Waals surface area contributed by atoms with Crippen LogP contribution in [-0.2, 0) is 34.1 Å². The standard InChI is InChI=1S/C22H32N2O2.C3H8O.O.V/c1-15-9-17(3)21(25)19(11-15)13-24(8-7-23(5)6)14-20-12-16(2)10-18(4)22(20)26;1-3(2)4;;/h9-12,25-26H,7-8,13-14H2,1-6H3;3-4H,1-2H3;;/q;;;+2. The fraction of sp³-hybridized carbons (Fsp3) is 0.520. The van der Waals surface area contributed by atoms with Gasteiger partial charge in [0.2, 0.25) is 0 Å². The molecule has 0 spiro atoms. The molecule has 0 aliphatic heterocycles. The maximum absolute atomic E-state index is 10.5. The summed E-state index contributed by atoms with van der Waals surface area (Å²) in [5, 5.41) is 29.0. The molecule has 7 heteroatoms. The molecule has 0 unspecified atom stereocenters. The van der Waals surface area contributed by atoms with Gasteiger partial charge in [0.05, 0.1) is 0 Å². The molecule has 0 aliphatic rings. The van der Waals surface area contributed by atoms with E-state index in [9.17, 15) is 10.2 Å². The summed E-state index contributed by atoms with van der Waals surface area (Å²) in [6.45, 7) is 14.5. The number of aryl methyl sites for hydroxylation is 4. The van der Waals surface area contributed by atoms with Gasteiger partial charge in [0.1, 0.15) is 11.5 Å². The van der Waals surface area contributed by atoms with Crippen molar-refractivity contribution in [2.45, 2.75) is 60.7 Å². The van der Waals surface area contributed by atoms with Crippen molar-refractivity contribution in [2.24, 2.45) is 0 Å². The average molecular weight is 484 g/mol. The summed E-state index contributed by atoms with van der Waals surface area (Å²) in [4.78, 5) is 4.43. The number of rotatable bonds is 7. The van der Waals surface area contributed by atoms with Gasteiger partial charge in [-0.3, -0.25) is 4.90 Å². The molecule has 0 saturated heterocycles. The Bertz CT molecular complexity index is 779. The van der Waals surface area contributed by atoms with Crippen molar-refractivity contribution in [2.75, 3.05) is 27.2 Å². The molecule has 0 bridgehead atoms. The summed E-state index contributed by atoms with van der Waals surface area (Å²) in [5.74, 6) is 0.741. The van der Waals surface area contributed by atoms with Crippen molar-refractivity contribution in [3.8, 4) is 11.5 Å². The van der Waals surface area contributed by atoms with Crippen molar-refractivity contribution in [3.63, 3.8) is 0 Å². The molecule has 2 aromatic carbocycles. The number of likely N-dealkylation sites (N-methyl/N-ethyl adjacent to an activating group) is 1. The predicted octanol–water partition coefficient (Wildman–Crippen LogP) is 4.16. The van der Waals surface area contributed by atoms with Gasteiger partial charge in [0, 0.05) is 43.4 Å². The van der Waals surface area contributed by atoms with Gasteiger partial charge < -0.3 is 20.2 Å². The van der Waals surface area contributed by atoms with Gasteiger partial charge in [0.25, 0.3) is 0 Å². The second-order valence-corrected chi connectivity index (χ2v) is 8.79. The number of benzene rings is 2. The first kappa shape index (κ1) is 30.3. The van der Waals surface area contributed by atoms with Gasteiger partial charge in [-0.15, -0.1) is 0 Å². The molecule has 0 fully saturated rings. The van der Waals surface area contributed by atoms with Gasteiger partial charge in [-0.1, -0.05) is 35.4 Å². The molecule has 0 aromatic heterocycles. The molecule has 0 radical (unpaired) electrons. The fourth-order valence-corrected chi connectivity index (χ4v) is 3.37. The van der Waals surface area contributed by atoms with Crippen LogP contribution in [0.3, 0.4) is 0 Å². The topological polar surface area (TPSA) is 84.2 Å². The first-order valence-corrected chi connectivity index (χ1v) is 11.3. The van der Waals surface area contributed by atoms with Crippen LogP contribution < -0.4 is 0 Å². The van der Waals surface area contributed by atoms with Crippen molar-refractivity contribution in [3.05, 3.63) is 57.6 Å².